The molecule has 0 bridgehead atoms. The standard InChI is InChI=1S/C40H53N7O11/c1-40(39-43-30-8-3-6-28(35(41)49)34(30)45-39)11-4-13-46(40)14-16-54-18-20-56-22-24-58-26-25-57-23-21-55-19-17-53-15-12-42-29-7-2-5-27-33(29)38(52)47(37(27)51)31-9-10-32(48)44-36(31)50/h2-3,5-8,31,42H,4,9-26H2,1H3,(H2,41,49)(H,43,45)(H,44,48,50)/t31?,40-/m1/s1. The number of aromatic amines is 1. The second kappa shape index (κ2) is 20.7. The Morgan fingerprint density at radius 3 is 2.10 bits per heavy atom. The van der Waals surface area contributed by atoms with Crippen molar-refractivity contribution < 1.29 is 52.4 Å². The number of amides is 5. The van der Waals surface area contributed by atoms with Crippen molar-refractivity contribution in [2.75, 3.05) is 104 Å². The van der Waals surface area contributed by atoms with E-state index in [-0.39, 0.29) is 29.5 Å². The number of hydrogen-bond acceptors (Lipinski definition) is 14. The number of fused-ring (bicyclic) bond motifs is 2. The Kier molecular flexibility index (Phi) is 15.3. The van der Waals surface area contributed by atoms with Gasteiger partial charge in [-0.1, -0.05) is 12.1 Å². The maximum Gasteiger partial charge on any atom is 0.264 e. The summed E-state index contributed by atoms with van der Waals surface area (Å²) in [6.07, 6.45) is 2.16. The van der Waals surface area contributed by atoms with Crippen molar-refractivity contribution in [3.05, 3.63) is 58.9 Å². The molecule has 314 valence electrons. The molecule has 3 aromatic rings. The summed E-state index contributed by atoms with van der Waals surface area (Å²) in [6, 6.07) is 9.31. The number of carbonyl (C=O) groups is 5. The minimum absolute atomic E-state index is 0.0631. The van der Waals surface area contributed by atoms with Crippen LogP contribution < -0.4 is 16.4 Å². The minimum Gasteiger partial charge on any atom is -0.382 e. The van der Waals surface area contributed by atoms with Crippen molar-refractivity contribution in [2.45, 2.75) is 44.2 Å². The van der Waals surface area contributed by atoms with Crippen LogP contribution in [0, 0.1) is 0 Å². The number of likely N-dealkylation sites (tertiary alicyclic amines) is 1. The maximum atomic E-state index is 13.2. The molecule has 0 radical (unpaired) electrons. The van der Waals surface area contributed by atoms with Crippen molar-refractivity contribution in [1.82, 2.24) is 25.1 Å². The first kappa shape index (κ1) is 42.8. The van der Waals surface area contributed by atoms with Gasteiger partial charge < -0.3 is 44.5 Å². The first-order valence-corrected chi connectivity index (χ1v) is 19.8. The number of para-hydroxylation sites is 1. The monoisotopic (exact) mass is 807 g/mol. The molecule has 4 heterocycles. The number of ether oxygens (including phenoxy) is 6. The highest BCUT2D eigenvalue weighted by Gasteiger charge is 2.45. The summed E-state index contributed by atoms with van der Waals surface area (Å²) >= 11 is 0. The van der Waals surface area contributed by atoms with Crippen LogP contribution in [0.25, 0.3) is 11.0 Å². The molecular weight excluding hydrogens is 754 g/mol. The number of imidazole rings is 1. The zero-order chi connectivity index (χ0) is 40.9. The van der Waals surface area contributed by atoms with Crippen molar-refractivity contribution in [3.8, 4) is 0 Å². The van der Waals surface area contributed by atoms with Crippen LogP contribution in [0.3, 0.4) is 0 Å². The molecule has 18 nitrogen and oxygen atoms in total. The summed E-state index contributed by atoms with van der Waals surface area (Å²) in [5.74, 6) is -1.83. The van der Waals surface area contributed by atoms with Gasteiger partial charge in [-0.3, -0.25) is 39.1 Å². The number of H-pyrrole nitrogens is 1. The highest BCUT2D eigenvalue weighted by molar-refractivity contribution is 6.25. The van der Waals surface area contributed by atoms with E-state index in [0.717, 1.165) is 42.2 Å². The molecule has 3 aliphatic heterocycles. The molecule has 18 heteroatoms. The number of piperidine rings is 1. The Bertz CT molecular complexity index is 1920. The van der Waals surface area contributed by atoms with E-state index in [4.69, 9.17) is 39.1 Å². The lowest BCUT2D eigenvalue weighted by atomic mass is 9.98. The van der Waals surface area contributed by atoms with Crippen LogP contribution in [0.1, 0.15) is 69.5 Å². The molecule has 5 N–H and O–H groups in total. The number of primary amides is 1. The molecular formula is C40H53N7O11. The van der Waals surface area contributed by atoms with Gasteiger partial charge in [0.2, 0.25) is 11.8 Å². The van der Waals surface area contributed by atoms with E-state index in [0.29, 0.717) is 103 Å². The van der Waals surface area contributed by atoms with Crippen molar-refractivity contribution in [2.24, 2.45) is 5.73 Å². The number of hydrogen-bond donors (Lipinski definition) is 4. The molecule has 2 aromatic carbocycles. The largest absolute Gasteiger partial charge is 0.382 e. The fourth-order valence-corrected chi connectivity index (χ4v) is 7.43. The third-order valence-electron chi connectivity index (χ3n) is 10.5. The lowest BCUT2D eigenvalue weighted by Gasteiger charge is -2.33. The second-order valence-corrected chi connectivity index (χ2v) is 14.3. The van der Waals surface area contributed by atoms with E-state index in [2.05, 4.69) is 27.4 Å². The van der Waals surface area contributed by atoms with E-state index in [1.807, 2.05) is 6.07 Å². The Hall–Kier alpha value is -4.82. The molecule has 2 saturated heterocycles. The van der Waals surface area contributed by atoms with Crippen LogP contribution >= 0.6 is 0 Å². The van der Waals surface area contributed by atoms with Gasteiger partial charge in [0.15, 0.2) is 0 Å². The fraction of sp³-hybridized carbons (Fsp3) is 0.550. The number of aromatic nitrogens is 2. The summed E-state index contributed by atoms with van der Waals surface area (Å²) in [5, 5.41) is 5.34. The minimum atomic E-state index is -1.01. The zero-order valence-corrected chi connectivity index (χ0v) is 32.9. The van der Waals surface area contributed by atoms with Gasteiger partial charge in [0.1, 0.15) is 17.4 Å². The Balaban J connectivity index is 0.723. The Morgan fingerprint density at radius 1 is 0.845 bits per heavy atom. The smallest absolute Gasteiger partial charge is 0.264 e. The predicted octanol–water partition coefficient (Wildman–Crippen LogP) is 1.59. The van der Waals surface area contributed by atoms with Crippen LogP contribution in [0.4, 0.5) is 5.69 Å². The van der Waals surface area contributed by atoms with Crippen LogP contribution in [0.2, 0.25) is 0 Å². The first-order valence-electron chi connectivity index (χ1n) is 19.8. The molecule has 5 amide bonds. The van der Waals surface area contributed by atoms with Gasteiger partial charge in [-0.2, -0.15) is 0 Å². The quantitative estimate of drug-likeness (QED) is 0.0705. The lowest BCUT2D eigenvalue weighted by molar-refractivity contribution is -0.136. The van der Waals surface area contributed by atoms with Crippen molar-refractivity contribution >= 4 is 46.3 Å². The molecule has 1 unspecified atom stereocenters. The molecule has 0 aliphatic carbocycles. The summed E-state index contributed by atoms with van der Waals surface area (Å²) in [6.45, 7) is 9.48. The molecule has 0 saturated carbocycles. The first-order chi connectivity index (χ1) is 28.2. The number of nitrogens with zero attached hydrogens (tertiary/aromatic N) is 3. The molecule has 6 rings (SSSR count). The maximum absolute atomic E-state index is 13.2. The Morgan fingerprint density at radius 2 is 1.47 bits per heavy atom. The number of imide groups is 2. The number of nitrogens with one attached hydrogen (secondary N) is 3. The van der Waals surface area contributed by atoms with Crippen LogP contribution in [0.15, 0.2) is 36.4 Å². The van der Waals surface area contributed by atoms with E-state index < -0.39 is 35.6 Å². The van der Waals surface area contributed by atoms with E-state index >= 15 is 0 Å². The number of benzene rings is 2. The molecule has 0 spiro atoms. The van der Waals surface area contributed by atoms with E-state index in [9.17, 15) is 24.0 Å². The fourth-order valence-electron chi connectivity index (χ4n) is 7.43. The normalized spacial score (nSPS) is 19.7. The molecule has 2 fully saturated rings. The van der Waals surface area contributed by atoms with Crippen LogP contribution in [-0.2, 0) is 43.5 Å². The van der Waals surface area contributed by atoms with Gasteiger partial charge in [-0.25, -0.2) is 4.98 Å². The summed E-state index contributed by atoms with van der Waals surface area (Å²) in [4.78, 5) is 73.4. The molecule has 1 aromatic heterocycles. The van der Waals surface area contributed by atoms with Gasteiger partial charge in [0.05, 0.1) is 107 Å². The van der Waals surface area contributed by atoms with Gasteiger partial charge >= 0.3 is 0 Å². The third kappa shape index (κ3) is 10.4. The number of anilines is 1. The van der Waals surface area contributed by atoms with Gasteiger partial charge in [0, 0.05) is 25.2 Å². The van der Waals surface area contributed by atoms with E-state index in [1.54, 1.807) is 30.3 Å². The summed E-state index contributed by atoms with van der Waals surface area (Å²) in [7, 11) is 0. The topological polar surface area (TPSA) is 226 Å². The molecule has 3 aliphatic rings. The second-order valence-electron chi connectivity index (χ2n) is 14.3. The predicted molar refractivity (Wildman–Crippen MR) is 209 cm³/mol. The third-order valence-corrected chi connectivity index (χ3v) is 10.5. The lowest BCUT2D eigenvalue weighted by Crippen LogP contribution is -2.54. The average Bonchev–Trinajstić information content (AvgIpc) is 3.89. The number of carbonyl (C=O) groups excluding carboxylic acids is 5. The van der Waals surface area contributed by atoms with E-state index in [1.165, 1.54) is 0 Å². The number of rotatable bonds is 25. The molecule has 58 heavy (non-hydrogen) atoms. The average molecular weight is 808 g/mol. The molecule has 2 atom stereocenters. The summed E-state index contributed by atoms with van der Waals surface area (Å²) < 4.78 is 33.7. The highest BCUT2D eigenvalue weighted by atomic mass is 16.6. The Labute approximate surface area is 336 Å². The van der Waals surface area contributed by atoms with Crippen molar-refractivity contribution in [1.29, 1.82) is 0 Å². The highest BCUT2D eigenvalue weighted by Crippen LogP contribution is 2.38. The van der Waals surface area contributed by atoms with Gasteiger partial charge in [-0.05, 0) is 57.0 Å². The van der Waals surface area contributed by atoms with Crippen molar-refractivity contribution in [3.63, 3.8) is 0 Å². The zero-order valence-electron chi connectivity index (χ0n) is 32.9. The summed E-state index contributed by atoms with van der Waals surface area (Å²) in [5.41, 5.74) is 8.01. The van der Waals surface area contributed by atoms with Gasteiger partial charge in [0.25, 0.3) is 17.7 Å². The SMILES string of the molecule is C[C@]1(c2nc3c(C(N)=O)cccc3[nH]2)CCCN1CCOCCOCCOCCOCCOCCOCCNc1cccc2c1C(=O)N(C1CCC(=O)NC1=O)C2=O. The number of nitrogens with two attached hydrogens (primary N) is 1. The van der Waals surface area contributed by atoms with Crippen LogP contribution in [0.5, 0.6) is 0 Å². The van der Waals surface area contributed by atoms with Gasteiger partial charge in [-0.15, -0.1) is 0 Å². The van der Waals surface area contributed by atoms with Crippen LogP contribution in [-0.4, -0.2) is 154 Å².